The summed E-state index contributed by atoms with van der Waals surface area (Å²) in [6.07, 6.45) is 9.85. The van der Waals surface area contributed by atoms with Gasteiger partial charge in [-0.05, 0) is 32.3 Å². The third kappa shape index (κ3) is 3.44. The van der Waals surface area contributed by atoms with E-state index in [0.717, 1.165) is 50.2 Å². The lowest BCUT2D eigenvalue weighted by molar-refractivity contribution is -0.0843. The summed E-state index contributed by atoms with van der Waals surface area (Å²) in [4.78, 5) is 15.5. The molecule has 1 aliphatic carbocycles. The zero-order valence-corrected chi connectivity index (χ0v) is 15.5. The lowest BCUT2D eigenvalue weighted by Gasteiger charge is -2.43. The van der Waals surface area contributed by atoms with Gasteiger partial charge in [-0.2, -0.15) is 0 Å². The summed E-state index contributed by atoms with van der Waals surface area (Å²) >= 11 is 0. The second kappa shape index (κ2) is 7.29. The number of nitrogens with zero attached hydrogens (tertiary/aromatic N) is 4. The minimum atomic E-state index is -0.0600. The van der Waals surface area contributed by atoms with Gasteiger partial charge in [0.1, 0.15) is 11.9 Å². The van der Waals surface area contributed by atoms with Crippen molar-refractivity contribution in [2.75, 3.05) is 13.7 Å². The van der Waals surface area contributed by atoms with Crippen LogP contribution in [0.15, 0.2) is 36.8 Å². The molecule has 1 saturated carbocycles. The van der Waals surface area contributed by atoms with Gasteiger partial charge in [-0.3, -0.25) is 4.90 Å². The van der Waals surface area contributed by atoms with Crippen LogP contribution in [-0.4, -0.2) is 51.3 Å². The van der Waals surface area contributed by atoms with E-state index in [-0.39, 0.29) is 11.7 Å². The molecule has 2 aromatic rings. The monoisotopic (exact) mass is 354 g/mol. The first-order chi connectivity index (χ1) is 12.7. The molecule has 6 heteroatoms. The molecule has 26 heavy (non-hydrogen) atoms. The Morgan fingerprint density at radius 3 is 2.77 bits per heavy atom. The van der Waals surface area contributed by atoms with E-state index in [2.05, 4.69) is 19.9 Å². The van der Waals surface area contributed by atoms with E-state index in [1.165, 1.54) is 0 Å². The fourth-order valence-corrected chi connectivity index (χ4v) is 4.38. The number of methoxy groups -OCH3 is 1. The summed E-state index contributed by atoms with van der Waals surface area (Å²) < 4.78 is 12.2. The van der Waals surface area contributed by atoms with Crippen LogP contribution >= 0.6 is 0 Å². The first kappa shape index (κ1) is 17.4. The highest BCUT2D eigenvalue weighted by Crippen LogP contribution is 2.43. The molecule has 0 N–H and O–H groups in total. The molecule has 3 atom stereocenters. The number of hydrogen-bond acceptors (Lipinski definition) is 6. The lowest BCUT2D eigenvalue weighted by Crippen LogP contribution is -2.52. The first-order valence-electron chi connectivity index (χ1n) is 9.33. The van der Waals surface area contributed by atoms with E-state index in [1.807, 2.05) is 44.6 Å². The van der Waals surface area contributed by atoms with Crippen molar-refractivity contribution in [3.63, 3.8) is 0 Å². The molecule has 138 valence electrons. The van der Waals surface area contributed by atoms with Crippen molar-refractivity contribution in [3.8, 4) is 5.88 Å². The Labute approximate surface area is 154 Å². The Balaban J connectivity index is 1.48. The Bertz CT molecular complexity index is 724. The van der Waals surface area contributed by atoms with Crippen molar-refractivity contribution in [1.29, 1.82) is 0 Å². The smallest absolute Gasteiger partial charge is 0.213 e. The Kier molecular flexibility index (Phi) is 4.87. The van der Waals surface area contributed by atoms with Crippen molar-refractivity contribution < 1.29 is 9.47 Å². The zero-order chi connectivity index (χ0) is 18.0. The topological polar surface area (TPSA) is 60.4 Å². The third-order valence-corrected chi connectivity index (χ3v) is 5.80. The largest absolute Gasteiger partial charge is 0.474 e. The number of likely N-dealkylation sites (tertiary alicyclic amines) is 1. The molecule has 2 aliphatic rings. The minimum absolute atomic E-state index is 0.0600. The fourth-order valence-electron chi connectivity index (χ4n) is 4.38. The van der Waals surface area contributed by atoms with Gasteiger partial charge in [-0.1, -0.05) is 6.07 Å². The van der Waals surface area contributed by atoms with Gasteiger partial charge >= 0.3 is 0 Å². The molecule has 2 aromatic heterocycles. The Hall–Kier alpha value is -2.05. The number of fused-ring (bicyclic) bond motifs is 1. The minimum Gasteiger partial charge on any atom is -0.474 e. The summed E-state index contributed by atoms with van der Waals surface area (Å²) in [6, 6.07) is 6.14. The van der Waals surface area contributed by atoms with Crippen LogP contribution in [0.25, 0.3) is 0 Å². The van der Waals surface area contributed by atoms with Gasteiger partial charge in [-0.15, -0.1) is 0 Å². The van der Waals surface area contributed by atoms with Crippen molar-refractivity contribution >= 4 is 0 Å². The van der Waals surface area contributed by atoms with Gasteiger partial charge in [0.2, 0.25) is 5.88 Å². The van der Waals surface area contributed by atoms with Crippen LogP contribution in [0.3, 0.4) is 0 Å². The molecule has 0 aromatic carbocycles. The van der Waals surface area contributed by atoms with Gasteiger partial charge in [0.15, 0.2) is 0 Å². The van der Waals surface area contributed by atoms with Gasteiger partial charge in [0.05, 0.1) is 5.60 Å². The zero-order valence-electron chi connectivity index (χ0n) is 15.5. The van der Waals surface area contributed by atoms with Crippen molar-refractivity contribution in [1.82, 2.24) is 19.9 Å². The maximum Gasteiger partial charge on any atom is 0.213 e. The highest BCUT2D eigenvalue weighted by molar-refractivity contribution is 5.13. The molecule has 0 amide bonds. The molecule has 2 fully saturated rings. The molecule has 6 nitrogen and oxygen atoms in total. The maximum absolute atomic E-state index is 6.15. The summed E-state index contributed by atoms with van der Waals surface area (Å²) in [5.41, 5.74) is 1.09. The second-order valence-electron chi connectivity index (χ2n) is 7.33. The predicted octanol–water partition coefficient (Wildman–Crippen LogP) is 2.77. The SMILES string of the molecule is CO[C@@]12CC[C@H](Oc3ccccn3)C[C@@H]1N(Cc1cnc(C)nc1)CC2. The van der Waals surface area contributed by atoms with E-state index in [9.17, 15) is 0 Å². The average Bonchev–Trinajstić information content (AvgIpc) is 3.03. The number of rotatable bonds is 5. The molecule has 0 spiro atoms. The summed E-state index contributed by atoms with van der Waals surface area (Å²) in [6.45, 7) is 3.80. The quantitative estimate of drug-likeness (QED) is 0.823. The molecule has 4 rings (SSSR count). The third-order valence-electron chi connectivity index (χ3n) is 5.80. The number of aryl methyl sites for hydroxylation is 1. The molecule has 1 aliphatic heterocycles. The molecular formula is C20H26N4O2. The maximum atomic E-state index is 6.15. The molecular weight excluding hydrogens is 328 g/mol. The summed E-state index contributed by atoms with van der Waals surface area (Å²) in [5.74, 6) is 1.52. The van der Waals surface area contributed by atoms with Gasteiger partial charge in [0.25, 0.3) is 0 Å². The van der Waals surface area contributed by atoms with Crippen molar-refractivity contribution in [2.24, 2.45) is 0 Å². The van der Waals surface area contributed by atoms with Crippen LogP contribution in [0.1, 0.15) is 37.1 Å². The van der Waals surface area contributed by atoms with Crippen molar-refractivity contribution in [3.05, 3.63) is 48.2 Å². The van der Waals surface area contributed by atoms with Gasteiger partial charge < -0.3 is 9.47 Å². The van der Waals surface area contributed by atoms with E-state index < -0.39 is 0 Å². The van der Waals surface area contributed by atoms with Crippen LogP contribution in [0.5, 0.6) is 5.88 Å². The summed E-state index contributed by atoms with van der Waals surface area (Å²) in [7, 11) is 1.85. The number of pyridine rings is 1. The van der Waals surface area contributed by atoms with Crippen LogP contribution < -0.4 is 4.74 Å². The Morgan fingerprint density at radius 1 is 1.19 bits per heavy atom. The first-order valence-corrected chi connectivity index (χ1v) is 9.33. The van der Waals surface area contributed by atoms with Crippen LogP contribution in [0.2, 0.25) is 0 Å². The second-order valence-corrected chi connectivity index (χ2v) is 7.33. The van der Waals surface area contributed by atoms with E-state index in [0.29, 0.717) is 11.9 Å². The normalized spacial score (nSPS) is 28.7. The van der Waals surface area contributed by atoms with E-state index >= 15 is 0 Å². The highest BCUT2D eigenvalue weighted by Gasteiger charge is 2.51. The van der Waals surface area contributed by atoms with Crippen LogP contribution in [0.4, 0.5) is 0 Å². The highest BCUT2D eigenvalue weighted by atomic mass is 16.5. The average molecular weight is 354 g/mol. The Morgan fingerprint density at radius 2 is 2.04 bits per heavy atom. The van der Waals surface area contributed by atoms with Crippen LogP contribution in [0, 0.1) is 6.92 Å². The molecule has 0 bridgehead atoms. The molecule has 3 heterocycles. The van der Waals surface area contributed by atoms with Gasteiger partial charge in [0, 0.05) is 62.9 Å². The predicted molar refractivity (Wildman–Crippen MR) is 97.8 cm³/mol. The lowest BCUT2D eigenvalue weighted by atomic mass is 9.79. The molecule has 0 unspecified atom stereocenters. The molecule has 0 radical (unpaired) electrons. The number of ether oxygens (including phenoxy) is 2. The molecule has 1 saturated heterocycles. The van der Waals surface area contributed by atoms with Crippen LogP contribution in [-0.2, 0) is 11.3 Å². The van der Waals surface area contributed by atoms with Gasteiger partial charge in [-0.25, -0.2) is 15.0 Å². The number of hydrogen-bond donors (Lipinski definition) is 0. The van der Waals surface area contributed by atoms with E-state index in [4.69, 9.17) is 9.47 Å². The standard InChI is InChI=1S/C20H26N4O2/c1-15-22-12-16(13-23-15)14-24-10-8-20(25-2)7-6-17(11-18(20)24)26-19-5-3-4-9-21-19/h3-5,9,12-13,17-18H,6-8,10-11,14H2,1-2H3/t17-,18-,20+/m0/s1. The summed E-state index contributed by atoms with van der Waals surface area (Å²) in [5, 5.41) is 0. The van der Waals surface area contributed by atoms with E-state index in [1.54, 1.807) is 6.20 Å². The van der Waals surface area contributed by atoms with Crippen molar-refractivity contribution in [2.45, 2.75) is 56.9 Å². The fraction of sp³-hybridized carbons (Fsp3) is 0.550. The number of aromatic nitrogens is 3.